The minimum Gasteiger partial charge on any atom is -0.479 e. The lowest BCUT2D eigenvalue weighted by Crippen LogP contribution is -2.54. The van der Waals surface area contributed by atoms with Crippen LogP contribution in [0.1, 0.15) is 19.4 Å². The summed E-state index contributed by atoms with van der Waals surface area (Å²) in [5, 5.41) is 11.2. The Bertz CT molecular complexity index is 897. The van der Waals surface area contributed by atoms with E-state index in [1.165, 1.54) is 11.1 Å². The molecule has 30 heavy (non-hydrogen) atoms. The van der Waals surface area contributed by atoms with Gasteiger partial charge in [0.2, 0.25) is 12.0 Å². The highest BCUT2D eigenvalue weighted by atomic mass is 16.7. The van der Waals surface area contributed by atoms with Gasteiger partial charge >= 0.3 is 12.1 Å². The summed E-state index contributed by atoms with van der Waals surface area (Å²) in [5.41, 5.74) is 5.40. The van der Waals surface area contributed by atoms with E-state index in [0.717, 1.165) is 19.4 Å². The molecule has 0 heterocycles. The number of nitrogens with one attached hydrogen (secondary N) is 2. The summed E-state index contributed by atoms with van der Waals surface area (Å²) >= 11 is 0. The molecule has 0 saturated carbocycles. The predicted molar refractivity (Wildman–Crippen MR) is 106 cm³/mol. The summed E-state index contributed by atoms with van der Waals surface area (Å²) in [6.07, 6.45) is -2.78. The Balaban J connectivity index is 0.000000443. The Kier molecular flexibility index (Phi) is 8.07. The molecule has 0 bridgehead atoms. The Morgan fingerprint density at radius 3 is 2.03 bits per heavy atom. The van der Waals surface area contributed by atoms with Gasteiger partial charge in [0.25, 0.3) is 0 Å². The van der Waals surface area contributed by atoms with Gasteiger partial charge in [-0.1, -0.05) is 48.5 Å². The number of hydrogen-bond donors (Lipinski definition) is 3. The number of hydroxylamine groups is 1. The Labute approximate surface area is 172 Å². The van der Waals surface area contributed by atoms with Crippen molar-refractivity contribution in [2.24, 2.45) is 0 Å². The Hall–Kier alpha value is -3.72. The third-order valence-electron chi connectivity index (χ3n) is 3.91. The zero-order valence-corrected chi connectivity index (χ0v) is 16.5. The standard InChI is InChI=1S/C15H18N2O7.C6H4/c1-9(18)12(13(14(20)21)24-17-10(2)19)16-15(22)23-8-11-6-4-3-5-7-11;1-2-5-4-6(5)3-1/h3-7,12-13H,8H2,1-2H3,(H,16,22)(H,17,19)(H,20,21);1-4H. The fourth-order valence-corrected chi connectivity index (χ4v) is 2.37. The minimum atomic E-state index is -1.80. The van der Waals surface area contributed by atoms with Gasteiger partial charge in [0.15, 0.2) is 5.78 Å². The van der Waals surface area contributed by atoms with Crippen LogP contribution in [0.15, 0.2) is 54.6 Å². The van der Waals surface area contributed by atoms with Crippen molar-refractivity contribution in [2.45, 2.75) is 32.6 Å². The van der Waals surface area contributed by atoms with Gasteiger partial charge in [-0.05, 0) is 29.7 Å². The second kappa shape index (κ2) is 10.7. The second-order valence-electron chi connectivity index (χ2n) is 6.41. The van der Waals surface area contributed by atoms with E-state index in [1.54, 1.807) is 30.3 Å². The highest BCUT2D eigenvalue weighted by Gasteiger charge is 2.35. The van der Waals surface area contributed by atoms with Crippen molar-refractivity contribution in [3.8, 4) is 11.1 Å². The van der Waals surface area contributed by atoms with Crippen LogP contribution >= 0.6 is 0 Å². The number of amides is 2. The highest BCUT2D eigenvalue weighted by Crippen LogP contribution is 2.32. The average Bonchev–Trinajstić information content (AvgIpc) is 3.31. The van der Waals surface area contributed by atoms with Crippen molar-refractivity contribution in [2.75, 3.05) is 0 Å². The molecule has 2 unspecified atom stereocenters. The minimum absolute atomic E-state index is 0.0540. The van der Waals surface area contributed by atoms with Gasteiger partial charge in [0, 0.05) is 6.92 Å². The first kappa shape index (κ1) is 22.6. The van der Waals surface area contributed by atoms with Crippen molar-refractivity contribution in [1.29, 1.82) is 0 Å². The van der Waals surface area contributed by atoms with E-state index < -0.39 is 35.9 Å². The molecule has 2 atom stereocenters. The maximum absolute atomic E-state index is 11.8. The van der Waals surface area contributed by atoms with E-state index in [1.807, 2.05) is 5.48 Å². The van der Waals surface area contributed by atoms with Crippen LogP contribution in [-0.4, -0.2) is 41.0 Å². The number of alkyl carbamates (subject to hydrolysis) is 1. The van der Waals surface area contributed by atoms with Gasteiger partial charge < -0.3 is 15.2 Å². The summed E-state index contributed by atoms with van der Waals surface area (Å²) in [6.45, 7) is 2.13. The fourth-order valence-electron chi connectivity index (χ4n) is 2.37. The van der Waals surface area contributed by atoms with Gasteiger partial charge in [0.1, 0.15) is 12.6 Å². The molecule has 1 aromatic carbocycles. The van der Waals surface area contributed by atoms with Crippen molar-refractivity contribution < 1.29 is 33.9 Å². The van der Waals surface area contributed by atoms with E-state index in [9.17, 15) is 19.2 Å². The normalized spacial score (nSPS) is 12.3. The molecule has 0 fully saturated rings. The van der Waals surface area contributed by atoms with E-state index in [-0.39, 0.29) is 6.61 Å². The van der Waals surface area contributed by atoms with Crippen LogP contribution < -0.4 is 10.8 Å². The number of fused-ring (bicyclic) bond motifs is 1. The van der Waals surface area contributed by atoms with E-state index in [2.05, 4.69) is 34.4 Å². The van der Waals surface area contributed by atoms with Crippen molar-refractivity contribution in [3.63, 3.8) is 0 Å². The predicted octanol–water partition coefficient (Wildman–Crippen LogP) is 2.06. The van der Waals surface area contributed by atoms with E-state index in [0.29, 0.717) is 0 Å². The monoisotopic (exact) mass is 414 g/mol. The Morgan fingerprint density at radius 2 is 1.60 bits per heavy atom. The number of Topliss-reactive ketones (excluding diaryl/α,β-unsaturated/α-hetero) is 1. The third-order valence-corrected chi connectivity index (χ3v) is 3.91. The number of hydrogen-bond acceptors (Lipinski definition) is 6. The first-order valence-electron chi connectivity index (χ1n) is 9.01. The Morgan fingerprint density at radius 1 is 0.967 bits per heavy atom. The SMILES string of the molecule is CC(=O)NOC(C(=O)O)C(NC(=O)OCc1ccccc1)C(C)=O.c1cc2cc-2c1. The summed E-state index contributed by atoms with van der Waals surface area (Å²) in [5.74, 6) is -2.87. The van der Waals surface area contributed by atoms with Crippen molar-refractivity contribution in [3.05, 3.63) is 60.2 Å². The molecule has 9 heteroatoms. The van der Waals surface area contributed by atoms with Crippen LogP contribution in [0.25, 0.3) is 11.1 Å². The quantitative estimate of drug-likeness (QED) is 0.481. The number of aliphatic carboxylic acids is 1. The number of benzene rings is 2. The van der Waals surface area contributed by atoms with Gasteiger partial charge in [-0.3, -0.25) is 14.4 Å². The van der Waals surface area contributed by atoms with Crippen molar-refractivity contribution in [1.82, 2.24) is 10.8 Å². The molecule has 2 aliphatic rings. The zero-order chi connectivity index (χ0) is 22.1. The molecule has 0 aliphatic heterocycles. The number of carbonyl (C=O) groups excluding carboxylic acids is 3. The molecule has 158 valence electrons. The maximum atomic E-state index is 11.8. The topological polar surface area (TPSA) is 131 Å². The average molecular weight is 414 g/mol. The molecule has 0 aromatic heterocycles. The van der Waals surface area contributed by atoms with E-state index in [4.69, 9.17) is 9.84 Å². The number of ketones is 1. The smallest absolute Gasteiger partial charge is 0.408 e. The molecule has 0 radical (unpaired) electrons. The van der Waals surface area contributed by atoms with Crippen LogP contribution in [0, 0.1) is 0 Å². The van der Waals surface area contributed by atoms with Gasteiger partial charge in [-0.25, -0.2) is 15.1 Å². The van der Waals surface area contributed by atoms with Crippen LogP contribution in [0.2, 0.25) is 0 Å². The lowest BCUT2D eigenvalue weighted by molar-refractivity contribution is -0.164. The highest BCUT2D eigenvalue weighted by molar-refractivity contribution is 5.91. The van der Waals surface area contributed by atoms with Crippen LogP contribution in [0.4, 0.5) is 4.79 Å². The molecule has 3 N–H and O–H groups in total. The molecule has 0 spiro atoms. The molecular formula is C21H22N2O7. The molecular weight excluding hydrogens is 392 g/mol. The largest absolute Gasteiger partial charge is 0.479 e. The summed E-state index contributed by atoms with van der Waals surface area (Å²) in [6, 6.07) is 15.7. The number of rotatable bonds is 8. The van der Waals surface area contributed by atoms with Crippen LogP contribution in [0.5, 0.6) is 0 Å². The lowest BCUT2D eigenvalue weighted by atomic mass is 10.1. The first-order chi connectivity index (χ1) is 14.3. The maximum Gasteiger partial charge on any atom is 0.408 e. The second-order valence-corrected chi connectivity index (χ2v) is 6.41. The first-order valence-corrected chi connectivity index (χ1v) is 9.01. The summed E-state index contributed by atoms with van der Waals surface area (Å²) in [7, 11) is 0. The molecule has 9 nitrogen and oxygen atoms in total. The van der Waals surface area contributed by atoms with Gasteiger partial charge in [-0.2, -0.15) is 0 Å². The number of carboxylic acids is 1. The van der Waals surface area contributed by atoms with E-state index >= 15 is 0 Å². The molecule has 1 aromatic rings. The van der Waals surface area contributed by atoms with Crippen LogP contribution in [0.3, 0.4) is 0 Å². The molecule has 3 rings (SSSR count). The number of ether oxygens (including phenoxy) is 1. The lowest BCUT2D eigenvalue weighted by Gasteiger charge is -2.22. The zero-order valence-electron chi connectivity index (χ0n) is 16.5. The third kappa shape index (κ3) is 7.36. The fraction of sp³-hybridized carbons (Fsp3) is 0.238. The summed E-state index contributed by atoms with van der Waals surface area (Å²) in [4.78, 5) is 50.1. The van der Waals surface area contributed by atoms with Crippen LogP contribution in [-0.2, 0) is 30.6 Å². The number of carbonyl (C=O) groups is 4. The van der Waals surface area contributed by atoms with Gasteiger partial charge in [-0.15, -0.1) is 0 Å². The molecule has 0 saturated heterocycles. The number of carboxylic acid groups (broad SMARTS) is 1. The van der Waals surface area contributed by atoms with Gasteiger partial charge in [0.05, 0.1) is 0 Å². The molecule has 2 aliphatic carbocycles. The molecule has 2 amide bonds. The van der Waals surface area contributed by atoms with Crippen molar-refractivity contribution >= 4 is 23.8 Å². The summed E-state index contributed by atoms with van der Waals surface area (Å²) < 4.78 is 4.93.